The number of ether oxygens (including phenoxy) is 1. The van der Waals surface area contributed by atoms with Crippen LogP contribution >= 0.6 is 0 Å². The number of anilines is 1. The van der Waals surface area contributed by atoms with E-state index in [9.17, 15) is 8.78 Å². The standard InChI is InChI=1S/C13H9F2N3O/c1-7-2-3-8(6-16)13(18-7)19-12-5-9(14)11(17)4-10(12)15/h2-5H,17H2,1H3. The van der Waals surface area contributed by atoms with Gasteiger partial charge in [0.2, 0.25) is 5.88 Å². The minimum atomic E-state index is -0.828. The Morgan fingerprint density at radius 2 is 2.00 bits per heavy atom. The molecule has 0 aliphatic carbocycles. The van der Waals surface area contributed by atoms with E-state index in [-0.39, 0.29) is 22.9 Å². The quantitative estimate of drug-likeness (QED) is 0.843. The molecule has 6 heteroatoms. The van der Waals surface area contributed by atoms with Crippen molar-refractivity contribution in [3.05, 3.63) is 47.2 Å². The van der Waals surface area contributed by atoms with Crippen LogP contribution in [0.1, 0.15) is 11.3 Å². The first kappa shape index (κ1) is 12.8. The van der Waals surface area contributed by atoms with Crippen LogP contribution in [0, 0.1) is 29.9 Å². The Bertz CT molecular complexity index is 680. The van der Waals surface area contributed by atoms with Crippen molar-refractivity contribution >= 4 is 5.69 Å². The molecule has 1 heterocycles. The molecule has 0 radical (unpaired) electrons. The third-order valence-corrected chi connectivity index (χ3v) is 2.38. The number of nitrogens with zero attached hydrogens (tertiary/aromatic N) is 2. The summed E-state index contributed by atoms with van der Waals surface area (Å²) in [4.78, 5) is 3.97. The first-order valence-electron chi connectivity index (χ1n) is 5.31. The second-order valence-electron chi connectivity index (χ2n) is 3.82. The van der Waals surface area contributed by atoms with Gasteiger partial charge in [0, 0.05) is 17.8 Å². The van der Waals surface area contributed by atoms with Crippen molar-refractivity contribution in [1.82, 2.24) is 4.98 Å². The predicted molar refractivity (Wildman–Crippen MR) is 64.5 cm³/mol. The van der Waals surface area contributed by atoms with Crippen molar-refractivity contribution in [1.29, 1.82) is 5.26 Å². The molecular weight excluding hydrogens is 252 g/mol. The Morgan fingerprint density at radius 3 is 2.68 bits per heavy atom. The normalized spacial score (nSPS) is 10.0. The zero-order chi connectivity index (χ0) is 14.0. The molecule has 0 spiro atoms. The lowest BCUT2D eigenvalue weighted by atomic mass is 10.2. The number of pyridine rings is 1. The van der Waals surface area contributed by atoms with Crippen LogP contribution in [0.25, 0.3) is 0 Å². The van der Waals surface area contributed by atoms with Gasteiger partial charge in [0.05, 0.1) is 5.69 Å². The molecule has 1 aromatic carbocycles. The maximum Gasteiger partial charge on any atom is 0.237 e. The zero-order valence-electron chi connectivity index (χ0n) is 9.95. The molecule has 19 heavy (non-hydrogen) atoms. The van der Waals surface area contributed by atoms with Crippen molar-refractivity contribution < 1.29 is 13.5 Å². The lowest BCUT2D eigenvalue weighted by molar-refractivity contribution is 0.421. The summed E-state index contributed by atoms with van der Waals surface area (Å²) in [6.45, 7) is 1.69. The molecule has 0 bridgehead atoms. The SMILES string of the molecule is Cc1ccc(C#N)c(Oc2cc(F)c(N)cc2F)n1. The van der Waals surface area contributed by atoms with Gasteiger partial charge in [-0.25, -0.2) is 13.8 Å². The molecule has 0 saturated heterocycles. The van der Waals surface area contributed by atoms with Gasteiger partial charge in [-0.15, -0.1) is 0 Å². The molecule has 2 N–H and O–H groups in total. The van der Waals surface area contributed by atoms with E-state index in [2.05, 4.69) is 4.98 Å². The highest BCUT2D eigenvalue weighted by Gasteiger charge is 2.13. The average molecular weight is 261 g/mol. The van der Waals surface area contributed by atoms with E-state index in [1.54, 1.807) is 13.0 Å². The van der Waals surface area contributed by atoms with E-state index >= 15 is 0 Å². The average Bonchev–Trinajstić information content (AvgIpc) is 2.36. The minimum absolute atomic E-state index is 0.0782. The van der Waals surface area contributed by atoms with Gasteiger partial charge in [0.1, 0.15) is 17.4 Å². The second-order valence-corrected chi connectivity index (χ2v) is 3.82. The number of benzene rings is 1. The number of hydrogen-bond donors (Lipinski definition) is 1. The lowest BCUT2D eigenvalue weighted by Crippen LogP contribution is -1.98. The number of halogens is 2. The Kier molecular flexibility index (Phi) is 3.29. The van der Waals surface area contributed by atoms with E-state index in [0.29, 0.717) is 5.69 Å². The smallest absolute Gasteiger partial charge is 0.237 e. The van der Waals surface area contributed by atoms with Gasteiger partial charge in [-0.3, -0.25) is 0 Å². The van der Waals surface area contributed by atoms with Gasteiger partial charge in [-0.1, -0.05) is 0 Å². The fourth-order valence-electron chi connectivity index (χ4n) is 1.42. The fourth-order valence-corrected chi connectivity index (χ4v) is 1.42. The van der Waals surface area contributed by atoms with Crippen LogP contribution < -0.4 is 10.5 Å². The molecule has 0 saturated carbocycles. The highest BCUT2D eigenvalue weighted by Crippen LogP contribution is 2.28. The van der Waals surface area contributed by atoms with Crippen molar-refractivity contribution in [3.63, 3.8) is 0 Å². The lowest BCUT2D eigenvalue weighted by Gasteiger charge is -2.09. The highest BCUT2D eigenvalue weighted by molar-refractivity contribution is 5.47. The number of nitriles is 1. The molecule has 1 aromatic heterocycles. The first-order valence-corrected chi connectivity index (χ1v) is 5.31. The van der Waals surface area contributed by atoms with Crippen LogP contribution in [0.15, 0.2) is 24.3 Å². The number of aryl methyl sites for hydroxylation is 1. The van der Waals surface area contributed by atoms with E-state index in [1.807, 2.05) is 6.07 Å². The Labute approximate surface area is 108 Å². The van der Waals surface area contributed by atoms with E-state index < -0.39 is 11.6 Å². The van der Waals surface area contributed by atoms with Crippen LogP contribution in [-0.2, 0) is 0 Å². The van der Waals surface area contributed by atoms with Gasteiger partial charge in [0.25, 0.3) is 0 Å². The summed E-state index contributed by atoms with van der Waals surface area (Å²) >= 11 is 0. The summed E-state index contributed by atoms with van der Waals surface area (Å²) in [7, 11) is 0. The van der Waals surface area contributed by atoms with Crippen molar-refractivity contribution in [2.45, 2.75) is 6.92 Å². The summed E-state index contributed by atoms with van der Waals surface area (Å²) in [5, 5.41) is 8.90. The number of hydrogen-bond acceptors (Lipinski definition) is 4. The van der Waals surface area contributed by atoms with Crippen molar-refractivity contribution in [2.75, 3.05) is 5.73 Å². The van der Waals surface area contributed by atoms with E-state index in [1.165, 1.54) is 6.07 Å². The van der Waals surface area contributed by atoms with Crippen LogP contribution in [0.2, 0.25) is 0 Å². The number of nitrogens with two attached hydrogens (primary N) is 1. The number of aromatic nitrogens is 1. The molecule has 0 fully saturated rings. The van der Waals surface area contributed by atoms with Crippen LogP contribution in [0.3, 0.4) is 0 Å². The van der Waals surface area contributed by atoms with Gasteiger partial charge in [0.15, 0.2) is 11.6 Å². The van der Waals surface area contributed by atoms with E-state index in [4.69, 9.17) is 15.7 Å². The minimum Gasteiger partial charge on any atom is -0.434 e. The first-order chi connectivity index (χ1) is 9.01. The second kappa shape index (κ2) is 4.90. The van der Waals surface area contributed by atoms with E-state index in [0.717, 1.165) is 12.1 Å². The van der Waals surface area contributed by atoms with Crippen molar-refractivity contribution in [3.8, 4) is 17.7 Å². The number of nitrogen functional groups attached to an aromatic ring is 1. The van der Waals surface area contributed by atoms with Crippen molar-refractivity contribution in [2.24, 2.45) is 0 Å². The topological polar surface area (TPSA) is 71.9 Å². The third kappa shape index (κ3) is 2.60. The predicted octanol–water partition coefficient (Wildman–Crippen LogP) is 2.91. The summed E-state index contributed by atoms with van der Waals surface area (Å²) in [6, 6.07) is 6.59. The molecule has 0 atom stereocenters. The van der Waals surface area contributed by atoms with Crippen LogP contribution in [-0.4, -0.2) is 4.98 Å². The molecule has 0 aliphatic rings. The largest absolute Gasteiger partial charge is 0.434 e. The summed E-state index contributed by atoms with van der Waals surface area (Å²) in [5.41, 5.74) is 5.62. The zero-order valence-corrected chi connectivity index (χ0v) is 9.95. The molecule has 4 nitrogen and oxygen atoms in total. The monoisotopic (exact) mass is 261 g/mol. The molecule has 0 unspecified atom stereocenters. The van der Waals surface area contributed by atoms with Gasteiger partial charge in [-0.2, -0.15) is 5.26 Å². The molecule has 2 rings (SSSR count). The Morgan fingerprint density at radius 1 is 1.26 bits per heavy atom. The molecule has 0 aliphatic heterocycles. The van der Waals surface area contributed by atoms with Gasteiger partial charge < -0.3 is 10.5 Å². The summed E-state index contributed by atoms with van der Waals surface area (Å²) in [5.74, 6) is -2.08. The van der Waals surface area contributed by atoms with Gasteiger partial charge >= 0.3 is 0 Å². The molecular formula is C13H9F2N3O. The van der Waals surface area contributed by atoms with Crippen LogP contribution in [0.5, 0.6) is 11.6 Å². The molecule has 2 aromatic rings. The number of rotatable bonds is 2. The Hall–Kier alpha value is -2.68. The highest BCUT2D eigenvalue weighted by atomic mass is 19.1. The summed E-state index contributed by atoms with van der Waals surface area (Å²) in [6.07, 6.45) is 0. The summed E-state index contributed by atoms with van der Waals surface area (Å²) < 4.78 is 32.0. The maximum atomic E-state index is 13.6. The Balaban J connectivity index is 2.45. The molecule has 0 amide bonds. The fraction of sp³-hybridized carbons (Fsp3) is 0.0769. The maximum absolute atomic E-state index is 13.6. The molecule has 96 valence electrons. The van der Waals surface area contributed by atoms with Gasteiger partial charge in [-0.05, 0) is 19.1 Å². The van der Waals surface area contributed by atoms with Crippen LogP contribution in [0.4, 0.5) is 14.5 Å². The third-order valence-electron chi connectivity index (χ3n) is 2.38.